The summed E-state index contributed by atoms with van der Waals surface area (Å²) < 4.78 is 4.64. The third kappa shape index (κ3) is 3.37. The zero-order valence-electron chi connectivity index (χ0n) is 10.2. The number of thioether (sulfide) groups is 1. The van der Waals surface area contributed by atoms with E-state index in [1.807, 2.05) is 37.3 Å². The molecule has 0 aliphatic heterocycles. The van der Waals surface area contributed by atoms with E-state index in [0.717, 1.165) is 21.5 Å². The van der Waals surface area contributed by atoms with Crippen LogP contribution in [0.15, 0.2) is 35.2 Å². The van der Waals surface area contributed by atoms with Crippen molar-refractivity contribution < 1.29 is 9.53 Å². The number of fused-ring (bicyclic) bond motifs is 1. The molecule has 0 spiro atoms. The van der Waals surface area contributed by atoms with Gasteiger partial charge in [0.05, 0.1) is 18.4 Å². The maximum Gasteiger partial charge on any atom is 0.315 e. The molecule has 0 bridgehead atoms. The minimum absolute atomic E-state index is 0. The molecule has 0 atom stereocenters. The Kier molecular flexibility index (Phi) is 5.44. The van der Waals surface area contributed by atoms with E-state index in [4.69, 9.17) is 0 Å². The molecule has 0 fully saturated rings. The molecule has 0 amide bonds. The molecule has 18 heavy (non-hydrogen) atoms. The maximum atomic E-state index is 11.1. The third-order valence-corrected chi connectivity index (χ3v) is 3.41. The molecular weight excluding hydrogens is 270 g/mol. The van der Waals surface area contributed by atoms with E-state index in [-0.39, 0.29) is 18.4 Å². The fourth-order valence-corrected chi connectivity index (χ4v) is 2.56. The normalized spacial score (nSPS) is 9.89. The van der Waals surface area contributed by atoms with Crippen LogP contribution in [0.1, 0.15) is 5.69 Å². The van der Waals surface area contributed by atoms with Crippen LogP contribution in [0, 0.1) is 6.92 Å². The monoisotopic (exact) mass is 283 g/mol. The SMILES string of the molecule is COC(=O)CSc1cc(C)nc2ccccc12.Cl. The van der Waals surface area contributed by atoms with E-state index < -0.39 is 0 Å². The van der Waals surface area contributed by atoms with Crippen molar-refractivity contribution in [1.29, 1.82) is 0 Å². The minimum Gasteiger partial charge on any atom is -0.468 e. The molecule has 0 N–H and O–H groups in total. The predicted molar refractivity (Wildman–Crippen MR) is 76.5 cm³/mol. The number of benzene rings is 1. The van der Waals surface area contributed by atoms with Crippen LogP contribution in [0.25, 0.3) is 10.9 Å². The first-order chi connectivity index (χ1) is 8.20. The number of para-hydroxylation sites is 1. The summed E-state index contributed by atoms with van der Waals surface area (Å²) >= 11 is 1.48. The molecule has 96 valence electrons. The zero-order valence-corrected chi connectivity index (χ0v) is 11.8. The van der Waals surface area contributed by atoms with Gasteiger partial charge >= 0.3 is 5.97 Å². The van der Waals surface area contributed by atoms with Crippen LogP contribution >= 0.6 is 24.2 Å². The van der Waals surface area contributed by atoms with Crippen molar-refractivity contribution in [3.05, 3.63) is 36.0 Å². The highest BCUT2D eigenvalue weighted by Crippen LogP contribution is 2.27. The van der Waals surface area contributed by atoms with Gasteiger partial charge in [0.2, 0.25) is 0 Å². The van der Waals surface area contributed by atoms with Crippen LogP contribution in [-0.4, -0.2) is 23.8 Å². The number of hydrogen-bond donors (Lipinski definition) is 0. The number of halogens is 1. The number of nitrogens with zero attached hydrogens (tertiary/aromatic N) is 1. The summed E-state index contributed by atoms with van der Waals surface area (Å²) in [7, 11) is 1.40. The Morgan fingerprint density at radius 1 is 1.39 bits per heavy atom. The number of aromatic nitrogens is 1. The van der Waals surface area contributed by atoms with Crippen molar-refractivity contribution in [2.45, 2.75) is 11.8 Å². The standard InChI is InChI=1S/C13H13NO2S.ClH/c1-9-7-12(17-8-13(15)16-2)10-5-3-4-6-11(10)14-9;/h3-7H,8H2,1-2H3;1H. The fourth-order valence-electron chi connectivity index (χ4n) is 1.58. The summed E-state index contributed by atoms with van der Waals surface area (Å²) in [4.78, 5) is 16.7. The Morgan fingerprint density at radius 2 is 2.11 bits per heavy atom. The average molecular weight is 284 g/mol. The van der Waals surface area contributed by atoms with Crippen LogP contribution < -0.4 is 0 Å². The number of aryl methyl sites for hydroxylation is 1. The second-order valence-electron chi connectivity index (χ2n) is 3.64. The number of ether oxygens (including phenoxy) is 1. The van der Waals surface area contributed by atoms with Crippen molar-refractivity contribution in [2.75, 3.05) is 12.9 Å². The molecule has 0 aliphatic carbocycles. The molecule has 0 saturated carbocycles. The molecule has 1 aromatic heterocycles. The highest BCUT2D eigenvalue weighted by Gasteiger charge is 2.07. The molecule has 0 unspecified atom stereocenters. The summed E-state index contributed by atoms with van der Waals surface area (Å²) in [6.45, 7) is 1.95. The molecule has 5 heteroatoms. The van der Waals surface area contributed by atoms with Gasteiger partial charge in [0.15, 0.2) is 0 Å². The molecule has 0 saturated heterocycles. The van der Waals surface area contributed by atoms with Crippen LogP contribution in [-0.2, 0) is 9.53 Å². The van der Waals surface area contributed by atoms with Crippen molar-refractivity contribution in [3.8, 4) is 0 Å². The van der Waals surface area contributed by atoms with Gasteiger partial charge in [-0.3, -0.25) is 9.78 Å². The van der Waals surface area contributed by atoms with Gasteiger partial charge in [0.25, 0.3) is 0 Å². The van der Waals surface area contributed by atoms with Crippen molar-refractivity contribution in [1.82, 2.24) is 4.98 Å². The number of methoxy groups -OCH3 is 1. The summed E-state index contributed by atoms with van der Waals surface area (Å²) in [6, 6.07) is 9.92. The molecule has 1 aromatic carbocycles. The molecule has 2 aromatic rings. The Hall–Kier alpha value is -1.26. The van der Waals surface area contributed by atoms with Crippen molar-refractivity contribution in [2.24, 2.45) is 0 Å². The van der Waals surface area contributed by atoms with Gasteiger partial charge in [0, 0.05) is 16.0 Å². The van der Waals surface area contributed by atoms with Crippen molar-refractivity contribution >= 4 is 41.0 Å². The second kappa shape index (κ2) is 6.61. The van der Waals surface area contributed by atoms with Gasteiger partial charge in [-0.05, 0) is 19.1 Å². The van der Waals surface area contributed by atoms with E-state index in [2.05, 4.69) is 9.72 Å². The molecule has 1 heterocycles. The van der Waals surface area contributed by atoms with Crippen molar-refractivity contribution in [3.63, 3.8) is 0 Å². The predicted octanol–water partition coefficient (Wildman–Crippen LogP) is 3.23. The van der Waals surface area contributed by atoms with E-state index in [1.165, 1.54) is 18.9 Å². The minimum atomic E-state index is -0.214. The average Bonchev–Trinajstić information content (AvgIpc) is 2.35. The van der Waals surface area contributed by atoms with Gasteiger partial charge in [-0.15, -0.1) is 24.2 Å². The van der Waals surface area contributed by atoms with Crippen LogP contribution in [0.4, 0.5) is 0 Å². The molecule has 3 nitrogen and oxygen atoms in total. The van der Waals surface area contributed by atoms with E-state index in [1.54, 1.807) is 0 Å². The summed E-state index contributed by atoms with van der Waals surface area (Å²) in [6.07, 6.45) is 0. The molecule has 0 radical (unpaired) electrons. The molecule has 0 aliphatic rings. The first-order valence-corrected chi connectivity index (χ1v) is 6.25. The lowest BCUT2D eigenvalue weighted by molar-refractivity contribution is -0.137. The number of hydrogen-bond acceptors (Lipinski definition) is 4. The number of carbonyl (C=O) groups excluding carboxylic acids is 1. The second-order valence-corrected chi connectivity index (χ2v) is 4.66. The van der Waals surface area contributed by atoms with E-state index in [9.17, 15) is 4.79 Å². The topological polar surface area (TPSA) is 39.2 Å². The number of carbonyl (C=O) groups is 1. The zero-order chi connectivity index (χ0) is 12.3. The fraction of sp³-hybridized carbons (Fsp3) is 0.231. The smallest absolute Gasteiger partial charge is 0.315 e. The number of esters is 1. The van der Waals surface area contributed by atoms with E-state index >= 15 is 0 Å². The summed E-state index contributed by atoms with van der Waals surface area (Å²) in [5.74, 6) is 0.109. The molecule has 2 rings (SSSR count). The Morgan fingerprint density at radius 3 is 2.83 bits per heavy atom. The van der Waals surface area contributed by atoms with Crippen LogP contribution in [0.2, 0.25) is 0 Å². The van der Waals surface area contributed by atoms with Gasteiger partial charge < -0.3 is 4.74 Å². The Bertz CT molecular complexity index is 560. The first-order valence-electron chi connectivity index (χ1n) is 5.26. The Balaban J connectivity index is 0.00000162. The lowest BCUT2D eigenvalue weighted by Gasteiger charge is -2.06. The quantitative estimate of drug-likeness (QED) is 0.640. The first kappa shape index (κ1) is 14.8. The lowest BCUT2D eigenvalue weighted by Crippen LogP contribution is -2.03. The number of pyridine rings is 1. The van der Waals surface area contributed by atoms with Gasteiger partial charge in [-0.2, -0.15) is 0 Å². The maximum absolute atomic E-state index is 11.1. The largest absolute Gasteiger partial charge is 0.468 e. The van der Waals surface area contributed by atoms with Gasteiger partial charge in [-0.25, -0.2) is 0 Å². The van der Waals surface area contributed by atoms with Gasteiger partial charge in [-0.1, -0.05) is 18.2 Å². The van der Waals surface area contributed by atoms with Gasteiger partial charge in [0.1, 0.15) is 0 Å². The Labute approximate surface area is 116 Å². The lowest BCUT2D eigenvalue weighted by atomic mass is 10.2. The highest BCUT2D eigenvalue weighted by atomic mass is 35.5. The molecular formula is C13H14ClNO2S. The highest BCUT2D eigenvalue weighted by molar-refractivity contribution is 8.00. The summed E-state index contributed by atoms with van der Waals surface area (Å²) in [5.41, 5.74) is 1.91. The van der Waals surface area contributed by atoms with E-state index in [0.29, 0.717) is 5.75 Å². The van der Waals surface area contributed by atoms with Crippen LogP contribution in [0.5, 0.6) is 0 Å². The third-order valence-electron chi connectivity index (χ3n) is 2.38. The summed E-state index contributed by atoms with van der Waals surface area (Å²) in [5, 5.41) is 1.08. The number of rotatable bonds is 3. The van der Waals surface area contributed by atoms with Crippen LogP contribution in [0.3, 0.4) is 0 Å².